The highest BCUT2D eigenvalue weighted by molar-refractivity contribution is 6.62. The summed E-state index contributed by atoms with van der Waals surface area (Å²) in [6.45, 7) is 18.9. The van der Waals surface area contributed by atoms with Crippen molar-refractivity contribution in [2.24, 2.45) is 0 Å². The molecule has 2 aliphatic carbocycles. The van der Waals surface area contributed by atoms with E-state index in [0.717, 1.165) is 22.1 Å². The smallest absolute Gasteiger partial charge is 0.399 e. The third-order valence-electron chi connectivity index (χ3n) is 13.3. The van der Waals surface area contributed by atoms with Crippen molar-refractivity contribution in [2.75, 3.05) is 0 Å². The fraction of sp³-hybridized carbons (Fsp3) is 0.333. The molecule has 2 aliphatic heterocycles. The molecule has 2 heterocycles. The Bertz CT molecular complexity index is 2140. The lowest BCUT2D eigenvalue weighted by atomic mass is 9.63. The Balaban J connectivity index is 1.25. The Morgan fingerprint density at radius 3 is 1.23 bits per heavy atom. The Hall–Kier alpha value is -3.87. The molecular weight excluding hydrogens is 637 g/mol. The van der Waals surface area contributed by atoms with E-state index in [1.807, 2.05) is 0 Å². The van der Waals surface area contributed by atoms with Gasteiger partial charge in [0.25, 0.3) is 0 Å². The van der Waals surface area contributed by atoms with E-state index in [4.69, 9.17) is 26.5 Å². The van der Waals surface area contributed by atoms with E-state index in [9.17, 15) is 0 Å². The number of hydrogen-bond donors (Lipinski definition) is 0. The molecule has 4 nitrogen and oxygen atoms in total. The Morgan fingerprint density at radius 2 is 0.769 bits per heavy atom. The van der Waals surface area contributed by atoms with Crippen molar-refractivity contribution in [1.29, 1.82) is 0 Å². The van der Waals surface area contributed by atoms with Crippen LogP contribution < -0.4 is 10.9 Å². The molecule has 1 unspecified atom stereocenters. The van der Waals surface area contributed by atoms with E-state index in [1.54, 1.807) is 0 Å². The lowest BCUT2D eigenvalue weighted by molar-refractivity contribution is 0.00578. The minimum Gasteiger partial charge on any atom is -0.399 e. The van der Waals surface area contributed by atoms with Gasteiger partial charge in [0, 0.05) is 0 Å². The van der Waals surface area contributed by atoms with Crippen LogP contribution in [0.2, 0.25) is 0 Å². The molecular formula is C45H45B3O4. The third kappa shape index (κ3) is 4.52. The normalized spacial score (nSPS) is 23.6. The lowest BCUT2D eigenvalue weighted by Crippen LogP contribution is -2.41. The van der Waals surface area contributed by atoms with Gasteiger partial charge in [-0.25, -0.2) is 0 Å². The predicted octanol–water partition coefficient (Wildman–Crippen LogP) is 8.06. The number of fused-ring (bicyclic) bond motifs is 6. The summed E-state index contributed by atoms with van der Waals surface area (Å²) >= 11 is 0. The van der Waals surface area contributed by atoms with E-state index < -0.39 is 47.4 Å². The maximum Gasteiger partial charge on any atom is 0.494 e. The summed E-state index contributed by atoms with van der Waals surface area (Å²) in [5, 5.41) is -0.601. The largest absolute Gasteiger partial charge is 0.494 e. The second-order valence-electron chi connectivity index (χ2n) is 17.4. The van der Waals surface area contributed by atoms with Crippen LogP contribution in [0.1, 0.15) is 95.7 Å². The van der Waals surface area contributed by atoms with Gasteiger partial charge in [-0.05, 0) is 133 Å². The van der Waals surface area contributed by atoms with Crippen LogP contribution in [0.3, 0.4) is 0 Å². The average Bonchev–Trinajstić information content (AvgIpc) is 3.69. The number of rotatable bonds is 4. The molecule has 0 bridgehead atoms. The molecule has 5 aromatic rings. The van der Waals surface area contributed by atoms with Crippen molar-refractivity contribution in [3.05, 3.63) is 143 Å². The van der Waals surface area contributed by atoms with Crippen LogP contribution in [-0.4, -0.2) is 44.5 Å². The van der Waals surface area contributed by atoms with E-state index >= 15 is 0 Å². The minimum absolute atomic E-state index is 0.423. The monoisotopic (exact) mass is 682 g/mol. The van der Waals surface area contributed by atoms with Gasteiger partial charge in [0.05, 0.1) is 35.7 Å². The quantitative estimate of drug-likeness (QED) is 0.177. The van der Waals surface area contributed by atoms with Crippen LogP contribution in [-0.2, 0) is 29.3 Å². The molecule has 2 saturated heterocycles. The first kappa shape index (κ1) is 33.9. The minimum atomic E-state index is -0.619. The van der Waals surface area contributed by atoms with E-state index in [-0.39, 0.29) is 0 Å². The average molecular weight is 682 g/mol. The molecule has 0 saturated carbocycles. The summed E-state index contributed by atoms with van der Waals surface area (Å²) in [5.41, 5.74) is 11.7. The van der Waals surface area contributed by atoms with Crippen LogP contribution in [0.5, 0.6) is 0 Å². The van der Waals surface area contributed by atoms with Gasteiger partial charge in [-0.15, -0.1) is 0 Å². The lowest BCUT2D eigenvalue weighted by Gasteiger charge is -2.34. The zero-order valence-electron chi connectivity index (χ0n) is 31.8. The summed E-state index contributed by atoms with van der Waals surface area (Å²) in [4.78, 5) is 0. The van der Waals surface area contributed by atoms with Crippen molar-refractivity contribution < 1.29 is 18.6 Å². The fourth-order valence-corrected chi connectivity index (χ4v) is 8.82. The van der Waals surface area contributed by atoms with Gasteiger partial charge in [0.15, 0.2) is 0 Å². The molecule has 0 amide bonds. The van der Waals surface area contributed by atoms with Crippen LogP contribution in [0, 0.1) is 0 Å². The first-order valence-electron chi connectivity index (χ1n) is 18.6. The Labute approximate surface area is 311 Å². The van der Waals surface area contributed by atoms with Crippen LogP contribution >= 0.6 is 0 Å². The zero-order valence-corrected chi connectivity index (χ0v) is 31.8. The van der Waals surface area contributed by atoms with Gasteiger partial charge < -0.3 is 18.6 Å². The standard InChI is InChI=1S/C45H45B3O4/c1-40(2)41(3,4)50-47(49-40)30-22-18-28(19-23-30)45(29-20-24-31(25-21-29)48-51-42(5,6)43(7,8)52-48)37-17-13-11-15-33(37)35-26-38-34(27-39(35)45)32-14-10-12-16-36(32)44(38,9)46/h10-27H,1-9H3. The summed E-state index contributed by atoms with van der Waals surface area (Å²) < 4.78 is 25.9. The zero-order chi connectivity index (χ0) is 36.6. The second kappa shape index (κ2) is 10.9. The molecule has 9 rings (SSSR count). The number of benzene rings is 5. The summed E-state index contributed by atoms with van der Waals surface area (Å²) in [6, 6.07) is 40.0. The van der Waals surface area contributed by atoms with Gasteiger partial charge in [-0.2, -0.15) is 0 Å². The highest BCUT2D eigenvalue weighted by atomic mass is 16.7. The molecule has 2 radical (unpaired) electrons. The van der Waals surface area contributed by atoms with Gasteiger partial charge >= 0.3 is 14.2 Å². The summed E-state index contributed by atoms with van der Waals surface area (Å²) in [6.07, 6.45) is 0. The van der Waals surface area contributed by atoms with E-state index in [0.29, 0.717) is 0 Å². The SMILES string of the molecule is [B]C1(C)c2ccccc2-c2cc3c(cc21)-c1ccccc1C3(c1ccc(B2OC(C)(C)C(C)(C)O2)cc1)c1ccc(B2OC(C)(C)C(C)(C)O2)cc1. The van der Waals surface area contributed by atoms with Crippen molar-refractivity contribution in [3.8, 4) is 22.3 Å². The van der Waals surface area contributed by atoms with Crippen molar-refractivity contribution >= 4 is 33.0 Å². The second-order valence-corrected chi connectivity index (χ2v) is 17.4. The summed E-state index contributed by atoms with van der Waals surface area (Å²) in [7, 11) is 6.30. The highest BCUT2D eigenvalue weighted by Crippen LogP contribution is 2.59. The van der Waals surface area contributed by atoms with Crippen molar-refractivity contribution in [2.45, 2.75) is 95.4 Å². The molecule has 7 heteroatoms. The molecule has 258 valence electrons. The van der Waals surface area contributed by atoms with Gasteiger partial charge in [-0.1, -0.05) is 110 Å². The molecule has 52 heavy (non-hydrogen) atoms. The van der Waals surface area contributed by atoms with Crippen LogP contribution in [0.4, 0.5) is 0 Å². The molecule has 1 atom stereocenters. The molecule has 0 N–H and O–H groups in total. The number of hydrogen-bond acceptors (Lipinski definition) is 4. The van der Waals surface area contributed by atoms with Gasteiger partial charge in [0.1, 0.15) is 0 Å². The molecule has 0 spiro atoms. The van der Waals surface area contributed by atoms with E-state index in [2.05, 4.69) is 172 Å². The first-order chi connectivity index (χ1) is 24.5. The highest BCUT2D eigenvalue weighted by Gasteiger charge is 2.54. The van der Waals surface area contributed by atoms with Crippen LogP contribution in [0.15, 0.2) is 109 Å². The fourth-order valence-electron chi connectivity index (χ4n) is 8.82. The Morgan fingerprint density at radius 1 is 0.404 bits per heavy atom. The third-order valence-corrected chi connectivity index (χ3v) is 13.3. The predicted molar refractivity (Wildman–Crippen MR) is 213 cm³/mol. The maximum atomic E-state index is 7.19. The van der Waals surface area contributed by atoms with E-state index in [1.165, 1.54) is 44.5 Å². The summed E-state index contributed by atoms with van der Waals surface area (Å²) in [5.74, 6) is 0. The van der Waals surface area contributed by atoms with Gasteiger partial charge in [-0.3, -0.25) is 0 Å². The maximum absolute atomic E-state index is 7.19. The topological polar surface area (TPSA) is 36.9 Å². The van der Waals surface area contributed by atoms with Crippen molar-refractivity contribution in [1.82, 2.24) is 0 Å². The molecule has 4 aliphatic rings. The molecule has 0 aromatic heterocycles. The Kier molecular flexibility index (Phi) is 7.08. The first-order valence-corrected chi connectivity index (χ1v) is 18.6. The molecule has 5 aromatic carbocycles. The van der Waals surface area contributed by atoms with Crippen molar-refractivity contribution in [3.63, 3.8) is 0 Å². The van der Waals surface area contributed by atoms with Gasteiger partial charge in [0.2, 0.25) is 0 Å². The molecule has 2 fully saturated rings. The van der Waals surface area contributed by atoms with Crippen LogP contribution in [0.25, 0.3) is 22.3 Å².